The average Bonchev–Trinajstić information content (AvgIpc) is 3.37. The van der Waals surface area contributed by atoms with Crippen molar-refractivity contribution in [2.45, 2.75) is 30.3 Å². The SMILES string of the molecule is N#Cc1ccc(NS(=O)(=O)c2c[nH]cc2Cc2cccc(OC3CC3)c2)c(F)c1. The third kappa shape index (κ3) is 4.41. The Labute approximate surface area is 168 Å². The monoisotopic (exact) mass is 411 g/mol. The van der Waals surface area contributed by atoms with Gasteiger partial charge in [-0.1, -0.05) is 12.1 Å². The maximum Gasteiger partial charge on any atom is 0.263 e. The second kappa shape index (κ2) is 7.60. The zero-order chi connectivity index (χ0) is 20.4. The highest BCUT2D eigenvalue weighted by atomic mass is 32.2. The zero-order valence-corrected chi connectivity index (χ0v) is 16.2. The fourth-order valence-corrected chi connectivity index (χ4v) is 4.23. The van der Waals surface area contributed by atoms with Crippen molar-refractivity contribution >= 4 is 15.7 Å². The summed E-state index contributed by atoms with van der Waals surface area (Å²) in [5.41, 5.74) is 1.36. The summed E-state index contributed by atoms with van der Waals surface area (Å²) < 4.78 is 47.8. The molecule has 1 heterocycles. The van der Waals surface area contributed by atoms with E-state index in [0.717, 1.165) is 30.2 Å². The molecular weight excluding hydrogens is 393 g/mol. The molecule has 1 aromatic heterocycles. The zero-order valence-electron chi connectivity index (χ0n) is 15.4. The number of nitrogens with zero attached hydrogens (tertiary/aromatic N) is 1. The number of hydrogen-bond acceptors (Lipinski definition) is 4. The number of halogens is 1. The number of anilines is 1. The van der Waals surface area contributed by atoms with Crippen LogP contribution >= 0.6 is 0 Å². The second-order valence-electron chi connectivity index (χ2n) is 6.90. The fraction of sp³-hybridized carbons (Fsp3) is 0.190. The van der Waals surface area contributed by atoms with Gasteiger partial charge in [0.1, 0.15) is 16.5 Å². The van der Waals surface area contributed by atoms with E-state index in [1.165, 1.54) is 18.3 Å². The number of aromatic amines is 1. The third-order valence-corrected chi connectivity index (χ3v) is 5.99. The van der Waals surface area contributed by atoms with Crippen molar-refractivity contribution in [1.82, 2.24) is 4.98 Å². The number of hydrogen-bond donors (Lipinski definition) is 2. The van der Waals surface area contributed by atoms with Crippen molar-refractivity contribution in [2.24, 2.45) is 0 Å². The van der Waals surface area contributed by atoms with E-state index < -0.39 is 15.8 Å². The first-order chi connectivity index (χ1) is 13.9. The van der Waals surface area contributed by atoms with Crippen LogP contribution < -0.4 is 9.46 Å². The van der Waals surface area contributed by atoms with Gasteiger partial charge in [0, 0.05) is 18.8 Å². The molecule has 0 bridgehead atoms. The summed E-state index contributed by atoms with van der Waals surface area (Å²) in [6.45, 7) is 0. The Morgan fingerprint density at radius 2 is 2.03 bits per heavy atom. The van der Waals surface area contributed by atoms with Crippen LogP contribution in [0.15, 0.2) is 59.8 Å². The molecule has 2 aromatic carbocycles. The summed E-state index contributed by atoms with van der Waals surface area (Å²) in [4.78, 5) is 2.85. The molecule has 8 heteroatoms. The minimum atomic E-state index is -4.02. The van der Waals surface area contributed by atoms with Gasteiger partial charge in [0.05, 0.1) is 23.4 Å². The summed E-state index contributed by atoms with van der Waals surface area (Å²) in [6, 6.07) is 12.9. The summed E-state index contributed by atoms with van der Waals surface area (Å²) >= 11 is 0. The number of ether oxygens (including phenoxy) is 1. The highest BCUT2D eigenvalue weighted by Gasteiger charge is 2.24. The first kappa shape index (κ1) is 19.0. The van der Waals surface area contributed by atoms with Crippen LogP contribution in [0, 0.1) is 17.1 Å². The molecule has 1 aliphatic rings. The van der Waals surface area contributed by atoms with Crippen LogP contribution in [0.25, 0.3) is 0 Å². The summed E-state index contributed by atoms with van der Waals surface area (Å²) in [5.74, 6) is -0.0441. The highest BCUT2D eigenvalue weighted by molar-refractivity contribution is 7.92. The van der Waals surface area contributed by atoms with E-state index in [1.807, 2.05) is 30.3 Å². The van der Waals surface area contributed by atoms with E-state index >= 15 is 0 Å². The Kier molecular flexibility index (Phi) is 4.99. The maximum atomic E-state index is 14.1. The van der Waals surface area contributed by atoms with Crippen molar-refractivity contribution in [3.05, 3.63) is 77.4 Å². The molecule has 0 radical (unpaired) electrons. The lowest BCUT2D eigenvalue weighted by Gasteiger charge is -2.11. The van der Waals surface area contributed by atoms with Gasteiger partial charge in [0.2, 0.25) is 0 Å². The Morgan fingerprint density at radius 1 is 1.21 bits per heavy atom. The van der Waals surface area contributed by atoms with Crippen molar-refractivity contribution in [3.63, 3.8) is 0 Å². The molecule has 0 saturated heterocycles. The van der Waals surface area contributed by atoms with Crippen molar-refractivity contribution in [3.8, 4) is 11.8 Å². The normalized spacial score (nSPS) is 13.7. The van der Waals surface area contributed by atoms with Crippen LogP contribution in [-0.2, 0) is 16.4 Å². The van der Waals surface area contributed by atoms with Crippen molar-refractivity contribution in [1.29, 1.82) is 5.26 Å². The van der Waals surface area contributed by atoms with Gasteiger partial charge in [-0.3, -0.25) is 4.72 Å². The number of sulfonamides is 1. The predicted molar refractivity (Wildman–Crippen MR) is 106 cm³/mol. The molecule has 0 aliphatic heterocycles. The van der Waals surface area contributed by atoms with E-state index in [0.29, 0.717) is 12.0 Å². The van der Waals surface area contributed by atoms with E-state index in [1.54, 1.807) is 6.20 Å². The largest absolute Gasteiger partial charge is 0.490 e. The topological polar surface area (TPSA) is 95.0 Å². The van der Waals surface area contributed by atoms with Crippen LogP contribution in [0.2, 0.25) is 0 Å². The van der Waals surface area contributed by atoms with Gasteiger partial charge in [0.25, 0.3) is 10.0 Å². The lowest BCUT2D eigenvalue weighted by atomic mass is 10.1. The number of H-pyrrole nitrogens is 1. The maximum absolute atomic E-state index is 14.1. The summed E-state index contributed by atoms with van der Waals surface area (Å²) in [7, 11) is -4.02. The highest BCUT2D eigenvalue weighted by Crippen LogP contribution is 2.28. The molecular formula is C21H18FN3O3S. The fourth-order valence-electron chi connectivity index (χ4n) is 2.96. The molecule has 6 nitrogen and oxygen atoms in total. The molecule has 1 saturated carbocycles. The second-order valence-corrected chi connectivity index (χ2v) is 8.55. The Bertz CT molecular complexity index is 1190. The lowest BCUT2D eigenvalue weighted by molar-refractivity contribution is 0.303. The smallest absolute Gasteiger partial charge is 0.263 e. The number of rotatable bonds is 7. The van der Waals surface area contributed by atoms with E-state index in [4.69, 9.17) is 10.00 Å². The van der Waals surface area contributed by atoms with Gasteiger partial charge in [-0.15, -0.1) is 0 Å². The van der Waals surface area contributed by atoms with Crippen LogP contribution in [0.5, 0.6) is 5.75 Å². The number of benzene rings is 2. The molecule has 29 heavy (non-hydrogen) atoms. The Hall–Kier alpha value is -3.31. The van der Waals surface area contributed by atoms with Gasteiger partial charge in [-0.25, -0.2) is 12.8 Å². The first-order valence-electron chi connectivity index (χ1n) is 9.08. The molecule has 0 amide bonds. The lowest BCUT2D eigenvalue weighted by Crippen LogP contribution is -2.15. The van der Waals surface area contributed by atoms with Crippen molar-refractivity contribution < 1.29 is 17.5 Å². The van der Waals surface area contributed by atoms with Gasteiger partial charge in [-0.2, -0.15) is 5.26 Å². The van der Waals surface area contributed by atoms with Gasteiger partial charge >= 0.3 is 0 Å². The summed E-state index contributed by atoms with van der Waals surface area (Å²) in [5, 5.41) is 8.82. The molecule has 3 aromatic rings. The van der Waals surface area contributed by atoms with Crippen LogP contribution in [0.1, 0.15) is 29.5 Å². The molecule has 4 rings (SSSR count). The number of aromatic nitrogens is 1. The molecule has 0 unspecified atom stereocenters. The molecule has 0 spiro atoms. The third-order valence-electron chi connectivity index (χ3n) is 4.54. The minimum Gasteiger partial charge on any atom is -0.490 e. The molecule has 1 fully saturated rings. The summed E-state index contributed by atoms with van der Waals surface area (Å²) in [6.07, 6.45) is 5.74. The van der Waals surface area contributed by atoms with Gasteiger partial charge in [0.15, 0.2) is 0 Å². The van der Waals surface area contributed by atoms with Gasteiger partial charge < -0.3 is 9.72 Å². The minimum absolute atomic E-state index is 0.0368. The predicted octanol–water partition coefficient (Wildman–Crippen LogP) is 3.96. The Balaban J connectivity index is 1.56. The number of nitrogens with one attached hydrogen (secondary N) is 2. The van der Waals surface area contributed by atoms with Gasteiger partial charge in [-0.05, 0) is 54.3 Å². The van der Waals surface area contributed by atoms with Crippen LogP contribution in [-0.4, -0.2) is 19.5 Å². The van der Waals surface area contributed by atoms with E-state index in [2.05, 4.69) is 9.71 Å². The van der Waals surface area contributed by atoms with E-state index in [9.17, 15) is 12.8 Å². The first-order valence-corrected chi connectivity index (χ1v) is 10.6. The average molecular weight is 411 g/mol. The molecule has 0 atom stereocenters. The van der Waals surface area contributed by atoms with E-state index in [-0.39, 0.29) is 22.3 Å². The quantitative estimate of drug-likeness (QED) is 0.615. The standard InChI is InChI=1S/C21H18FN3O3S/c22-19-10-15(11-23)4-7-20(19)25-29(26,27)21-13-24-12-16(21)8-14-2-1-3-18(9-14)28-17-5-6-17/h1-4,7,9-10,12-13,17,24-25H,5-6,8H2. The Morgan fingerprint density at radius 3 is 2.76 bits per heavy atom. The van der Waals surface area contributed by atoms with Crippen LogP contribution in [0.3, 0.4) is 0 Å². The molecule has 2 N–H and O–H groups in total. The molecule has 1 aliphatic carbocycles. The van der Waals surface area contributed by atoms with Crippen molar-refractivity contribution in [2.75, 3.05) is 4.72 Å². The molecule has 148 valence electrons. The van der Waals surface area contributed by atoms with Crippen LogP contribution in [0.4, 0.5) is 10.1 Å². The number of nitriles is 1.